The van der Waals surface area contributed by atoms with Crippen LogP contribution in [0.15, 0.2) is 35.0 Å². The Morgan fingerprint density at radius 1 is 1.29 bits per heavy atom. The number of carbonyl (C=O) groups is 2. The van der Waals surface area contributed by atoms with Gasteiger partial charge in [0, 0.05) is 36.2 Å². The first kappa shape index (κ1) is 16.8. The molecule has 4 rings (SSSR count). The van der Waals surface area contributed by atoms with Crippen molar-refractivity contribution in [3.8, 4) is 17.1 Å². The zero-order valence-corrected chi connectivity index (χ0v) is 16.9. The van der Waals surface area contributed by atoms with Gasteiger partial charge >= 0.3 is 0 Å². The Hall–Kier alpha value is -3.95. The van der Waals surface area contributed by atoms with Gasteiger partial charge in [-0.25, -0.2) is 4.98 Å². The predicted molar refractivity (Wildman–Crippen MR) is 113 cm³/mol. The van der Waals surface area contributed by atoms with Crippen molar-refractivity contribution in [1.29, 1.82) is 0 Å². The number of carbonyl (C=O) groups excluding carboxylic acids is 2. The molecule has 3 N–H and O–H groups in total. The Morgan fingerprint density at radius 3 is 2.81 bits per heavy atom. The Bertz CT molecular complexity index is 1240. The molecule has 0 unspecified atom stereocenters. The number of anilines is 3. The van der Waals surface area contributed by atoms with Crippen LogP contribution in [0.3, 0.4) is 0 Å². The van der Waals surface area contributed by atoms with Gasteiger partial charge in [-0.1, -0.05) is 11.2 Å². The molecule has 3 aromatic rings. The van der Waals surface area contributed by atoms with Gasteiger partial charge in [0.2, 0.25) is 17.6 Å². The minimum Gasteiger partial charge on any atom is -0.494 e. The van der Waals surface area contributed by atoms with Crippen LogP contribution >= 0.6 is 0 Å². The van der Waals surface area contributed by atoms with Gasteiger partial charge in [-0.15, -0.1) is 0 Å². The lowest BCUT2D eigenvalue weighted by atomic mass is 10.1. The normalized spacial score (nSPS) is 14.7. The molecule has 10 heteroatoms. The van der Waals surface area contributed by atoms with Crippen LogP contribution in [0.1, 0.15) is 33.2 Å². The molecule has 0 bridgehead atoms. The van der Waals surface area contributed by atoms with Crippen LogP contribution in [0, 0.1) is 12.8 Å². The molecular formula is C21H22N6O4. The highest BCUT2D eigenvalue weighted by atomic mass is 16.5. The summed E-state index contributed by atoms with van der Waals surface area (Å²) in [6.07, 6.45) is 2.83. The lowest BCUT2D eigenvalue weighted by Gasteiger charge is -2.16. The summed E-state index contributed by atoms with van der Waals surface area (Å²) in [7, 11) is 1.47. The second-order valence-corrected chi connectivity index (χ2v) is 6.98. The van der Waals surface area contributed by atoms with Crippen molar-refractivity contribution < 1.29 is 23.0 Å². The van der Waals surface area contributed by atoms with Gasteiger partial charge in [0.15, 0.2) is 5.75 Å². The molecule has 1 aliphatic rings. The summed E-state index contributed by atoms with van der Waals surface area (Å²) in [5, 5.41) is 11.7. The summed E-state index contributed by atoms with van der Waals surface area (Å²) < 4.78 is 32.7. The SMILES string of the molecule is [2H]C([2H])([2H])NC(=O)c1cnc(NC(=O)C2CC2)cc1Nc1cccc(-c2noc(C)n2)c1OC. The summed E-state index contributed by atoms with van der Waals surface area (Å²) in [4.78, 5) is 33.2. The second kappa shape index (κ2) is 8.42. The third-order valence-electron chi connectivity index (χ3n) is 4.72. The zero-order chi connectivity index (χ0) is 24.5. The molecule has 2 heterocycles. The van der Waals surface area contributed by atoms with E-state index in [2.05, 4.69) is 25.8 Å². The number of ether oxygens (including phenoxy) is 1. The number of benzene rings is 1. The molecule has 1 fully saturated rings. The third-order valence-corrected chi connectivity index (χ3v) is 4.72. The fraction of sp³-hybridized carbons (Fsp3) is 0.286. The van der Waals surface area contributed by atoms with Crippen molar-refractivity contribution in [2.75, 3.05) is 24.7 Å². The Balaban J connectivity index is 1.72. The summed E-state index contributed by atoms with van der Waals surface area (Å²) >= 11 is 0. The predicted octanol–water partition coefficient (Wildman–Crippen LogP) is 2.90. The highest BCUT2D eigenvalue weighted by molar-refractivity contribution is 6.01. The van der Waals surface area contributed by atoms with E-state index in [1.807, 2.05) is 5.32 Å². The lowest BCUT2D eigenvalue weighted by Crippen LogP contribution is -2.20. The number of methoxy groups -OCH3 is 1. The molecule has 0 atom stereocenters. The molecule has 31 heavy (non-hydrogen) atoms. The number of aromatic nitrogens is 3. The Kier molecular flexibility index (Phi) is 4.57. The van der Waals surface area contributed by atoms with E-state index in [0.29, 0.717) is 28.7 Å². The Morgan fingerprint density at radius 2 is 2.13 bits per heavy atom. The summed E-state index contributed by atoms with van der Waals surface area (Å²) in [5.41, 5.74) is 1.15. The van der Waals surface area contributed by atoms with Gasteiger partial charge in [0.05, 0.1) is 29.6 Å². The van der Waals surface area contributed by atoms with E-state index < -0.39 is 12.9 Å². The van der Waals surface area contributed by atoms with Crippen LogP contribution in [-0.4, -0.2) is 41.0 Å². The number of hydrogen-bond acceptors (Lipinski definition) is 8. The van der Waals surface area contributed by atoms with Gasteiger partial charge < -0.3 is 25.2 Å². The topological polar surface area (TPSA) is 131 Å². The van der Waals surface area contributed by atoms with E-state index >= 15 is 0 Å². The minimum atomic E-state index is -2.69. The maximum atomic E-state index is 12.7. The summed E-state index contributed by atoms with van der Waals surface area (Å²) in [6, 6.07) is 6.62. The highest BCUT2D eigenvalue weighted by Crippen LogP contribution is 2.37. The van der Waals surface area contributed by atoms with Gasteiger partial charge in [-0.05, 0) is 25.0 Å². The van der Waals surface area contributed by atoms with E-state index in [1.54, 1.807) is 25.1 Å². The number of nitrogens with zero attached hydrogens (tertiary/aromatic N) is 3. The molecule has 0 radical (unpaired) electrons. The van der Waals surface area contributed by atoms with Crippen molar-refractivity contribution in [2.45, 2.75) is 19.8 Å². The first-order valence-electron chi connectivity index (χ1n) is 11.0. The number of aryl methyl sites for hydroxylation is 1. The van der Waals surface area contributed by atoms with Crippen molar-refractivity contribution in [2.24, 2.45) is 5.92 Å². The molecule has 1 aromatic carbocycles. The summed E-state index contributed by atoms with van der Waals surface area (Å²) in [5.74, 6) is 0.199. The van der Waals surface area contributed by atoms with Crippen LogP contribution < -0.4 is 20.7 Å². The molecule has 0 aliphatic heterocycles. The molecule has 2 aromatic heterocycles. The highest BCUT2D eigenvalue weighted by Gasteiger charge is 2.30. The van der Waals surface area contributed by atoms with Crippen LogP contribution in [0.4, 0.5) is 17.2 Å². The number of rotatable bonds is 7. The van der Waals surface area contributed by atoms with E-state index in [9.17, 15) is 9.59 Å². The van der Waals surface area contributed by atoms with Crippen LogP contribution in [-0.2, 0) is 4.79 Å². The van der Waals surface area contributed by atoms with E-state index in [-0.39, 0.29) is 28.9 Å². The number of para-hydroxylation sites is 1. The van der Waals surface area contributed by atoms with Crippen LogP contribution in [0.25, 0.3) is 11.4 Å². The second-order valence-electron chi connectivity index (χ2n) is 6.98. The van der Waals surface area contributed by atoms with Gasteiger partial charge in [-0.2, -0.15) is 4.98 Å². The quantitative estimate of drug-likeness (QED) is 0.527. The van der Waals surface area contributed by atoms with Crippen LogP contribution in [0.5, 0.6) is 5.75 Å². The monoisotopic (exact) mass is 425 g/mol. The molecular weight excluding hydrogens is 400 g/mol. The van der Waals surface area contributed by atoms with Crippen LogP contribution in [0.2, 0.25) is 0 Å². The molecule has 10 nitrogen and oxygen atoms in total. The minimum absolute atomic E-state index is 0.0385. The van der Waals surface area contributed by atoms with Crippen molar-refractivity contribution in [1.82, 2.24) is 20.4 Å². The molecule has 0 saturated heterocycles. The third kappa shape index (κ3) is 4.32. The van der Waals surface area contributed by atoms with Gasteiger partial charge in [-0.3, -0.25) is 9.59 Å². The smallest absolute Gasteiger partial charge is 0.254 e. The van der Waals surface area contributed by atoms with E-state index in [4.69, 9.17) is 13.4 Å². The molecule has 0 spiro atoms. The lowest BCUT2D eigenvalue weighted by molar-refractivity contribution is -0.117. The van der Waals surface area contributed by atoms with Crippen molar-refractivity contribution in [3.63, 3.8) is 0 Å². The fourth-order valence-electron chi connectivity index (χ4n) is 3.03. The maximum Gasteiger partial charge on any atom is 0.254 e. The van der Waals surface area contributed by atoms with E-state index in [1.165, 1.54) is 19.4 Å². The van der Waals surface area contributed by atoms with Gasteiger partial charge in [0.25, 0.3) is 5.91 Å². The molecule has 1 saturated carbocycles. The number of amides is 2. The molecule has 2 amide bonds. The largest absolute Gasteiger partial charge is 0.494 e. The number of hydrogen-bond donors (Lipinski definition) is 3. The van der Waals surface area contributed by atoms with Crippen molar-refractivity contribution >= 4 is 29.0 Å². The zero-order valence-electron chi connectivity index (χ0n) is 19.9. The Labute approximate surface area is 182 Å². The average Bonchev–Trinajstić information content (AvgIpc) is 3.53. The standard InChI is InChI=1S/C21H22N6O4/c1-11-24-19(27-31-11)13-5-4-6-15(18(13)30-3)25-16-9-17(26-20(28)12-7-8-12)23-10-14(16)21(29)22-2/h4-6,9-10,12H,7-8H2,1-3H3,(H,22,29)(H2,23,25,26,28)/i2D3. The van der Waals surface area contributed by atoms with Crippen molar-refractivity contribution in [3.05, 3.63) is 41.9 Å². The first-order chi connectivity index (χ1) is 16.1. The first-order valence-corrected chi connectivity index (χ1v) is 9.53. The summed E-state index contributed by atoms with van der Waals surface area (Å²) in [6.45, 7) is -1.03. The average molecular weight is 425 g/mol. The van der Waals surface area contributed by atoms with E-state index in [0.717, 1.165) is 12.8 Å². The molecule has 1 aliphatic carbocycles. The molecule has 160 valence electrons. The fourth-order valence-corrected chi connectivity index (χ4v) is 3.03. The maximum absolute atomic E-state index is 12.7. The number of pyridine rings is 1. The van der Waals surface area contributed by atoms with Gasteiger partial charge in [0.1, 0.15) is 5.82 Å². The number of nitrogens with one attached hydrogen (secondary N) is 3.